The molecule has 2 saturated heterocycles. The number of nitrogens with zero attached hydrogens (tertiary/aromatic N) is 2. The average molecular weight is 358 g/mol. The van der Waals surface area contributed by atoms with Crippen molar-refractivity contribution in [3.63, 3.8) is 0 Å². The first-order chi connectivity index (χ1) is 12.7. The van der Waals surface area contributed by atoms with Gasteiger partial charge in [0.1, 0.15) is 11.3 Å². The van der Waals surface area contributed by atoms with E-state index in [4.69, 9.17) is 13.9 Å². The maximum Gasteiger partial charge on any atom is 0.289 e. The van der Waals surface area contributed by atoms with Crippen LogP contribution in [0.15, 0.2) is 22.6 Å². The van der Waals surface area contributed by atoms with E-state index < -0.39 is 0 Å². The number of ether oxygens (including phenoxy) is 2. The second-order valence-electron chi connectivity index (χ2n) is 7.15. The minimum atomic E-state index is -0.0190. The zero-order valence-electron chi connectivity index (χ0n) is 15.5. The highest BCUT2D eigenvalue weighted by atomic mass is 16.5. The molecule has 1 aromatic heterocycles. The molecule has 140 valence electrons. The van der Waals surface area contributed by atoms with Crippen LogP contribution in [0.2, 0.25) is 0 Å². The lowest BCUT2D eigenvalue weighted by Crippen LogP contribution is -2.50. The second-order valence-corrected chi connectivity index (χ2v) is 7.15. The third-order valence-corrected chi connectivity index (χ3v) is 5.48. The van der Waals surface area contributed by atoms with Crippen LogP contribution in [0, 0.1) is 6.92 Å². The fraction of sp³-hybridized carbons (Fsp3) is 0.550. The summed E-state index contributed by atoms with van der Waals surface area (Å²) >= 11 is 0. The fourth-order valence-corrected chi connectivity index (χ4v) is 3.88. The number of fused-ring (bicyclic) bond motifs is 1. The maximum atomic E-state index is 13.0. The van der Waals surface area contributed by atoms with Gasteiger partial charge in [-0.05, 0) is 38.0 Å². The number of hydrogen-bond acceptors (Lipinski definition) is 5. The maximum absolute atomic E-state index is 13.0. The summed E-state index contributed by atoms with van der Waals surface area (Å²) < 4.78 is 16.9. The van der Waals surface area contributed by atoms with Crippen LogP contribution in [0.3, 0.4) is 0 Å². The summed E-state index contributed by atoms with van der Waals surface area (Å²) in [5, 5.41) is 0.935. The van der Waals surface area contributed by atoms with Crippen molar-refractivity contribution in [1.29, 1.82) is 0 Å². The number of benzene rings is 1. The van der Waals surface area contributed by atoms with Crippen LogP contribution in [0.5, 0.6) is 5.75 Å². The molecule has 6 nitrogen and oxygen atoms in total. The van der Waals surface area contributed by atoms with Gasteiger partial charge >= 0.3 is 0 Å². The number of aryl methyl sites for hydroxylation is 1. The quantitative estimate of drug-likeness (QED) is 0.841. The van der Waals surface area contributed by atoms with E-state index in [-0.39, 0.29) is 5.91 Å². The molecule has 3 heterocycles. The SMILES string of the molecule is COc1ccc2oc(C(=O)N3CCN(CC4CCCO4)CC3)c(C)c2c1. The summed E-state index contributed by atoms with van der Waals surface area (Å²) in [6.07, 6.45) is 2.69. The van der Waals surface area contributed by atoms with Gasteiger partial charge in [-0.3, -0.25) is 9.69 Å². The Kier molecular flexibility index (Phi) is 4.87. The van der Waals surface area contributed by atoms with Gasteiger partial charge in [0.25, 0.3) is 5.91 Å². The number of carbonyl (C=O) groups is 1. The first-order valence-corrected chi connectivity index (χ1v) is 9.36. The standard InChI is InChI=1S/C20H26N2O4/c1-14-17-12-15(24-2)5-6-18(17)26-19(14)20(23)22-9-7-21(8-10-22)13-16-4-3-11-25-16/h5-6,12,16H,3-4,7-11,13H2,1-2H3. The van der Waals surface area contributed by atoms with Crippen LogP contribution in [0.4, 0.5) is 0 Å². The molecule has 6 heteroatoms. The predicted octanol–water partition coefficient (Wildman–Crippen LogP) is 2.69. The Labute approximate surface area is 153 Å². The van der Waals surface area contributed by atoms with Gasteiger partial charge in [-0.1, -0.05) is 0 Å². The van der Waals surface area contributed by atoms with E-state index in [1.807, 2.05) is 30.0 Å². The van der Waals surface area contributed by atoms with E-state index in [0.29, 0.717) is 11.9 Å². The Morgan fingerprint density at radius 3 is 2.77 bits per heavy atom. The summed E-state index contributed by atoms with van der Waals surface area (Å²) in [7, 11) is 1.64. The minimum Gasteiger partial charge on any atom is -0.497 e. The van der Waals surface area contributed by atoms with Crippen molar-refractivity contribution in [3.05, 3.63) is 29.5 Å². The Bertz CT molecular complexity index is 786. The lowest BCUT2D eigenvalue weighted by Gasteiger charge is -2.35. The molecule has 4 rings (SSSR count). The van der Waals surface area contributed by atoms with E-state index in [9.17, 15) is 4.79 Å². The zero-order chi connectivity index (χ0) is 18.1. The summed E-state index contributed by atoms with van der Waals surface area (Å²) in [5.41, 5.74) is 1.61. The number of furan rings is 1. The third-order valence-electron chi connectivity index (χ3n) is 5.48. The van der Waals surface area contributed by atoms with Gasteiger partial charge in [-0.2, -0.15) is 0 Å². The lowest BCUT2D eigenvalue weighted by molar-refractivity contribution is 0.0417. The molecule has 1 atom stereocenters. The Hall–Kier alpha value is -2.05. The highest BCUT2D eigenvalue weighted by molar-refractivity contribution is 5.99. The van der Waals surface area contributed by atoms with Gasteiger partial charge in [0.05, 0.1) is 13.2 Å². The van der Waals surface area contributed by atoms with Crippen LogP contribution < -0.4 is 4.74 Å². The summed E-state index contributed by atoms with van der Waals surface area (Å²) in [4.78, 5) is 17.2. The molecule has 1 aromatic carbocycles. The first-order valence-electron chi connectivity index (χ1n) is 9.36. The van der Waals surface area contributed by atoms with Crippen molar-refractivity contribution >= 4 is 16.9 Å². The summed E-state index contributed by atoms with van der Waals surface area (Å²) in [6.45, 7) is 7.03. The number of hydrogen-bond donors (Lipinski definition) is 0. The second kappa shape index (κ2) is 7.29. The van der Waals surface area contributed by atoms with Crippen LogP contribution >= 0.6 is 0 Å². The van der Waals surface area contributed by atoms with Crippen LogP contribution in [0.25, 0.3) is 11.0 Å². The molecule has 1 amide bonds. The minimum absolute atomic E-state index is 0.0190. The first kappa shape index (κ1) is 17.4. The molecule has 2 aliphatic heterocycles. The molecule has 0 N–H and O–H groups in total. The van der Waals surface area contributed by atoms with Gasteiger partial charge in [-0.15, -0.1) is 0 Å². The molecule has 2 aromatic rings. The van der Waals surface area contributed by atoms with E-state index in [1.165, 1.54) is 6.42 Å². The largest absolute Gasteiger partial charge is 0.497 e. The van der Waals surface area contributed by atoms with Crippen molar-refractivity contribution < 1.29 is 18.7 Å². The highest BCUT2D eigenvalue weighted by Crippen LogP contribution is 2.29. The Morgan fingerprint density at radius 2 is 2.08 bits per heavy atom. The number of rotatable bonds is 4. The third kappa shape index (κ3) is 3.31. The normalized spacial score (nSPS) is 21.5. The van der Waals surface area contributed by atoms with Gasteiger partial charge in [0.15, 0.2) is 5.76 Å². The van der Waals surface area contributed by atoms with Gasteiger partial charge < -0.3 is 18.8 Å². The number of carbonyl (C=O) groups excluding carboxylic acids is 1. The van der Waals surface area contributed by atoms with Crippen LogP contribution in [-0.2, 0) is 4.74 Å². The number of amides is 1. The number of piperazine rings is 1. The monoisotopic (exact) mass is 358 g/mol. The van der Waals surface area contributed by atoms with Gasteiger partial charge in [0, 0.05) is 50.3 Å². The van der Waals surface area contributed by atoms with E-state index >= 15 is 0 Å². The van der Waals surface area contributed by atoms with E-state index in [2.05, 4.69) is 4.90 Å². The fourth-order valence-electron chi connectivity index (χ4n) is 3.88. The molecule has 0 bridgehead atoms. The van der Waals surface area contributed by atoms with Crippen molar-refractivity contribution in [2.24, 2.45) is 0 Å². The van der Waals surface area contributed by atoms with E-state index in [0.717, 1.165) is 68.0 Å². The number of methoxy groups -OCH3 is 1. The van der Waals surface area contributed by atoms with Crippen molar-refractivity contribution in [2.75, 3.05) is 46.4 Å². The average Bonchev–Trinajstić information content (AvgIpc) is 3.29. The van der Waals surface area contributed by atoms with Gasteiger partial charge in [0.2, 0.25) is 0 Å². The van der Waals surface area contributed by atoms with Crippen molar-refractivity contribution in [3.8, 4) is 5.75 Å². The predicted molar refractivity (Wildman–Crippen MR) is 98.8 cm³/mol. The highest BCUT2D eigenvalue weighted by Gasteiger charge is 2.28. The summed E-state index contributed by atoms with van der Waals surface area (Å²) in [6, 6.07) is 5.63. The molecule has 2 fully saturated rings. The van der Waals surface area contributed by atoms with E-state index in [1.54, 1.807) is 7.11 Å². The molecule has 1 unspecified atom stereocenters. The lowest BCUT2D eigenvalue weighted by atomic mass is 10.1. The molecule has 0 spiro atoms. The van der Waals surface area contributed by atoms with Crippen molar-refractivity contribution in [1.82, 2.24) is 9.80 Å². The van der Waals surface area contributed by atoms with Crippen LogP contribution in [0.1, 0.15) is 29.0 Å². The van der Waals surface area contributed by atoms with Crippen molar-refractivity contribution in [2.45, 2.75) is 25.9 Å². The molecule has 0 aliphatic carbocycles. The van der Waals surface area contributed by atoms with Gasteiger partial charge in [-0.25, -0.2) is 0 Å². The Balaban J connectivity index is 1.43. The molecule has 2 aliphatic rings. The smallest absolute Gasteiger partial charge is 0.289 e. The molecule has 0 saturated carbocycles. The summed E-state index contributed by atoms with van der Waals surface area (Å²) in [5.74, 6) is 1.19. The molecular weight excluding hydrogens is 332 g/mol. The molecular formula is C20H26N2O4. The molecule has 0 radical (unpaired) electrons. The zero-order valence-corrected chi connectivity index (χ0v) is 15.5. The molecule has 26 heavy (non-hydrogen) atoms. The Morgan fingerprint density at radius 1 is 1.27 bits per heavy atom. The topological polar surface area (TPSA) is 55.2 Å². The van der Waals surface area contributed by atoms with Crippen LogP contribution in [-0.4, -0.2) is 68.3 Å².